The molecule has 1 fully saturated rings. The van der Waals surface area contributed by atoms with Gasteiger partial charge in [0.05, 0.1) is 7.11 Å². The summed E-state index contributed by atoms with van der Waals surface area (Å²) in [5.74, 6) is 2.09. The zero-order valence-corrected chi connectivity index (χ0v) is 16.5. The number of nitrogens with zero attached hydrogens (tertiary/aromatic N) is 2. The van der Waals surface area contributed by atoms with E-state index in [-0.39, 0.29) is 24.0 Å². The predicted molar refractivity (Wildman–Crippen MR) is 108 cm³/mol. The number of anilines is 1. The van der Waals surface area contributed by atoms with Crippen molar-refractivity contribution >= 4 is 35.6 Å². The van der Waals surface area contributed by atoms with Crippen LogP contribution in [0.25, 0.3) is 0 Å². The zero-order chi connectivity index (χ0) is 15.8. The van der Waals surface area contributed by atoms with Crippen molar-refractivity contribution in [1.29, 1.82) is 0 Å². The second-order valence-corrected chi connectivity index (χ2v) is 6.03. The van der Waals surface area contributed by atoms with E-state index in [2.05, 4.69) is 22.1 Å². The van der Waals surface area contributed by atoms with Gasteiger partial charge in [-0.15, -0.1) is 24.0 Å². The summed E-state index contributed by atoms with van der Waals surface area (Å²) in [5, 5.41) is 3.10. The number of hydrogen-bond acceptors (Lipinski definition) is 3. The smallest absolute Gasteiger partial charge is 0.193 e. The normalized spacial score (nSPS) is 19.0. The first-order valence-corrected chi connectivity index (χ1v) is 8.10. The molecule has 130 valence electrons. The molecule has 0 saturated carbocycles. The van der Waals surface area contributed by atoms with Crippen molar-refractivity contribution in [2.24, 2.45) is 16.6 Å². The van der Waals surface area contributed by atoms with Gasteiger partial charge in [-0.3, -0.25) is 4.99 Å². The minimum atomic E-state index is 0. The number of halogens is 1. The van der Waals surface area contributed by atoms with Crippen LogP contribution in [0, 0.1) is 5.92 Å². The van der Waals surface area contributed by atoms with E-state index in [1.807, 2.05) is 24.3 Å². The lowest BCUT2D eigenvalue weighted by molar-refractivity contribution is 0.183. The number of hydrogen-bond donors (Lipinski definition) is 2. The number of nitrogens with two attached hydrogens (primary N) is 1. The Morgan fingerprint density at radius 1 is 1.48 bits per heavy atom. The number of guanidine groups is 1. The van der Waals surface area contributed by atoms with Crippen LogP contribution >= 0.6 is 24.0 Å². The molecule has 3 N–H and O–H groups in total. The van der Waals surface area contributed by atoms with Gasteiger partial charge in [0.15, 0.2) is 5.96 Å². The maximum absolute atomic E-state index is 5.92. The number of likely N-dealkylation sites (tertiary alicyclic amines) is 1. The van der Waals surface area contributed by atoms with Crippen molar-refractivity contribution < 1.29 is 4.74 Å². The van der Waals surface area contributed by atoms with E-state index < -0.39 is 0 Å². The second-order valence-electron chi connectivity index (χ2n) is 6.03. The molecule has 2 rings (SSSR count). The standard InChI is InChI=1S/C17H28N4O.HI/c1-14-6-4-10-21(13-14)11-5-9-19-17(18)20-15-7-3-8-16(12-15)22-2;/h3,7-8,12,14H,4-6,9-11,13H2,1-2H3,(H3,18,19,20);1H. The number of methoxy groups -OCH3 is 1. The lowest BCUT2D eigenvalue weighted by Gasteiger charge is -2.30. The van der Waals surface area contributed by atoms with Gasteiger partial charge in [0.25, 0.3) is 0 Å². The fraction of sp³-hybridized carbons (Fsp3) is 0.588. The maximum Gasteiger partial charge on any atom is 0.193 e. The lowest BCUT2D eigenvalue weighted by atomic mass is 10.0. The van der Waals surface area contributed by atoms with Crippen LogP contribution in [0.3, 0.4) is 0 Å². The van der Waals surface area contributed by atoms with Crippen LogP contribution in [0.2, 0.25) is 0 Å². The van der Waals surface area contributed by atoms with Gasteiger partial charge in [0, 0.05) is 24.8 Å². The Balaban J connectivity index is 0.00000264. The molecule has 0 radical (unpaired) electrons. The number of rotatable bonds is 6. The fourth-order valence-corrected chi connectivity index (χ4v) is 2.87. The van der Waals surface area contributed by atoms with Crippen molar-refractivity contribution in [3.05, 3.63) is 24.3 Å². The zero-order valence-electron chi connectivity index (χ0n) is 14.1. The first-order chi connectivity index (χ1) is 10.7. The summed E-state index contributed by atoms with van der Waals surface area (Å²) >= 11 is 0. The van der Waals surface area contributed by atoms with Gasteiger partial charge in [-0.25, -0.2) is 0 Å². The van der Waals surface area contributed by atoms with Crippen LogP contribution in [0.15, 0.2) is 29.3 Å². The molecule has 1 aromatic rings. The molecule has 23 heavy (non-hydrogen) atoms. The average Bonchev–Trinajstić information content (AvgIpc) is 2.52. The molecule has 1 aliphatic rings. The van der Waals surface area contributed by atoms with Gasteiger partial charge >= 0.3 is 0 Å². The molecule has 0 aromatic heterocycles. The van der Waals surface area contributed by atoms with E-state index in [0.29, 0.717) is 5.96 Å². The SMILES string of the molecule is COc1cccc(NC(N)=NCCCN2CCCC(C)C2)c1.I. The molecule has 1 heterocycles. The Bertz CT molecular complexity index is 495. The van der Waals surface area contributed by atoms with Crippen LogP contribution in [-0.4, -0.2) is 44.1 Å². The van der Waals surface area contributed by atoms with Crippen LogP contribution in [0.5, 0.6) is 5.75 Å². The summed E-state index contributed by atoms with van der Waals surface area (Å²) in [6.07, 6.45) is 3.74. The van der Waals surface area contributed by atoms with E-state index in [9.17, 15) is 0 Å². The van der Waals surface area contributed by atoms with Crippen molar-refractivity contribution in [2.45, 2.75) is 26.2 Å². The van der Waals surface area contributed by atoms with Crippen LogP contribution in [0.1, 0.15) is 26.2 Å². The highest BCUT2D eigenvalue weighted by molar-refractivity contribution is 14.0. The third-order valence-corrected chi connectivity index (χ3v) is 4.00. The van der Waals surface area contributed by atoms with Crippen molar-refractivity contribution in [3.63, 3.8) is 0 Å². The summed E-state index contributed by atoms with van der Waals surface area (Å²) in [5.41, 5.74) is 6.82. The molecule has 0 aliphatic carbocycles. The number of ether oxygens (including phenoxy) is 1. The number of piperidine rings is 1. The quantitative estimate of drug-likeness (QED) is 0.314. The molecule has 1 aliphatic heterocycles. The highest BCUT2D eigenvalue weighted by Crippen LogP contribution is 2.16. The Morgan fingerprint density at radius 3 is 3.04 bits per heavy atom. The van der Waals surface area contributed by atoms with Crippen LogP contribution < -0.4 is 15.8 Å². The first-order valence-electron chi connectivity index (χ1n) is 8.10. The molecule has 5 nitrogen and oxygen atoms in total. The van der Waals surface area contributed by atoms with E-state index in [4.69, 9.17) is 10.5 Å². The summed E-state index contributed by atoms with van der Waals surface area (Å²) in [6, 6.07) is 7.67. The maximum atomic E-state index is 5.92. The molecular formula is C17H29IN4O. The molecule has 0 amide bonds. The molecular weight excluding hydrogens is 403 g/mol. The summed E-state index contributed by atoms with van der Waals surface area (Å²) in [4.78, 5) is 6.93. The Hall–Kier alpha value is -1.02. The van der Waals surface area contributed by atoms with E-state index in [0.717, 1.165) is 36.9 Å². The molecule has 6 heteroatoms. The molecule has 0 spiro atoms. The lowest BCUT2D eigenvalue weighted by Crippen LogP contribution is -2.35. The fourth-order valence-electron chi connectivity index (χ4n) is 2.87. The number of nitrogens with one attached hydrogen (secondary N) is 1. The molecule has 1 saturated heterocycles. The highest BCUT2D eigenvalue weighted by atomic mass is 127. The van der Waals surface area contributed by atoms with Gasteiger partial charge < -0.3 is 20.7 Å². The second kappa shape index (κ2) is 10.7. The first kappa shape index (κ1) is 20.0. The van der Waals surface area contributed by atoms with Gasteiger partial charge in [0.2, 0.25) is 0 Å². The molecule has 0 bridgehead atoms. The highest BCUT2D eigenvalue weighted by Gasteiger charge is 2.15. The van der Waals surface area contributed by atoms with Crippen molar-refractivity contribution in [1.82, 2.24) is 4.90 Å². The summed E-state index contributed by atoms with van der Waals surface area (Å²) in [6.45, 7) is 6.65. The minimum Gasteiger partial charge on any atom is -0.497 e. The monoisotopic (exact) mass is 432 g/mol. The Kier molecular flexibility index (Phi) is 9.31. The third-order valence-electron chi connectivity index (χ3n) is 4.00. The van der Waals surface area contributed by atoms with Gasteiger partial charge in [0.1, 0.15) is 5.75 Å². The topological polar surface area (TPSA) is 62.9 Å². The van der Waals surface area contributed by atoms with Crippen LogP contribution in [0.4, 0.5) is 5.69 Å². The van der Waals surface area contributed by atoms with Crippen molar-refractivity contribution in [2.75, 3.05) is 38.6 Å². The summed E-state index contributed by atoms with van der Waals surface area (Å²) in [7, 11) is 1.65. The summed E-state index contributed by atoms with van der Waals surface area (Å²) < 4.78 is 5.18. The van der Waals surface area contributed by atoms with E-state index in [1.165, 1.54) is 25.9 Å². The Morgan fingerprint density at radius 2 is 2.30 bits per heavy atom. The van der Waals surface area contributed by atoms with Crippen LogP contribution in [-0.2, 0) is 0 Å². The molecule has 1 unspecified atom stereocenters. The van der Waals surface area contributed by atoms with Gasteiger partial charge in [-0.2, -0.15) is 0 Å². The van der Waals surface area contributed by atoms with Gasteiger partial charge in [-0.05, 0) is 50.4 Å². The number of aliphatic imine (C=N–C) groups is 1. The predicted octanol–water partition coefficient (Wildman–Crippen LogP) is 3.16. The van der Waals surface area contributed by atoms with E-state index >= 15 is 0 Å². The molecule has 1 atom stereocenters. The van der Waals surface area contributed by atoms with Crippen molar-refractivity contribution in [3.8, 4) is 5.75 Å². The minimum absolute atomic E-state index is 0. The van der Waals surface area contributed by atoms with Gasteiger partial charge in [-0.1, -0.05) is 13.0 Å². The Labute approximate surface area is 156 Å². The molecule has 1 aromatic carbocycles. The van der Waals surface area contributed by atoms with E-state index in [1.54, 1.807) is 7.11 Å². The third kappa shape index (κ3) is 7.39. The largest absolute Gasteiger partial charge is 0.497 e. The number of benzene rings is 1. The average molecular weight is 432 g/mol.